The lowest BCUT2D eigenvalue weighted by atomic mass is 10.2. The molecule has 1 unspecified atom stereocenters. The number of benzene rings is 1. The van der Waals surface area contributed by atoms with Crippen LogP contribution in [0.5, 0.6) is 0 Å². The second-order valence-corrected chi connectivity index (χ2v) is 5.12. The van der Waals surface area contributed by atoms with Crippen LogP contribution >= 0.6 is 0 Å². The predicted octanol–water partition coefficient (Wildman–Crippen LogP) is 1.83. The highest BCUT2D eigenvalue weighted by Gasteiger charge is 2.23. The van der Waals surface area contributed by atoms with Gasteiger partial charge in [-0.3, -0.25) is 4.79 Å². The van der Waals surface area contributed by atoms with Crippen LogP contribution in [0.3, 0.4) is 0 Å². The van der Waals surface area contributed by atoms with Gasteiger partial charge in [0.1, 0.15) is 12.6 Å². The first-order valence-electron chi connectivity index (χ1n) is 6.90. The van der Waals surface area contributed by atoms with Crippen LogP contribution in [0.15, 0.2) is 30.3 Å². The van der Waals surface area contributed by atoms with E-state index >= 15 is 0 Å². The van der Waals surface area contributed by atoms with Gasteiger partial charge in [-0.1, -0.05) is 30.3 Å². The number of nitrogens with one attached hydrogen (secondary N) is 2. The molecular formula is C15H20N2O3. The highest BCUT2D eigenvalue weighted by molar-refractivity contribution is 5.85. The summed E-state index contributed by atoms with van der Waals surface area (Å²) in [6, 6.07) is 8.82. The number of carbonyl (C=O) groups excluding carboxylic acids is 2. The maximum Gasteiger partial charge on any atom is 0.408 e. The zero-order valence-electron chi connectivity index (χ0n) is 11.6. The van der Waals surface area contributed by atoms with Crippen molar-refractivity contribution in [3.05, 3.63) is 35.9 Å². The molecule has 0 bridgehead atoms. The molecule has 5 heteroatoms. The van der Waals surface area contributed by atoms with Crippen molar-refractivity contribution in [2.45, 2.75) is 32.4 Å². The SMILES string of the molecule is CC(NC(=O)OCc1ccccc1)C(=O)NCC1CC1. The lowest BCUT2D eigenvalue weighted by Crippen LogP contribution is -2.45. The van der Waals surface area contributed by atoms with E-state index < -0.39 is 12.1 Å². The van der Waals surface area contributed by atoms with Gasteiger partial charge in [-0.2, -0.15) is 0 Å². The number of alkyl carbamates (subject to hydrolysis) is 1. The van der Waals surface area contributed by atoms with Crippen LogP contribution in [0.1, 0.15) is 25.3 Å². The molecule has 1 fully saturated rings. The Kier molecular flexibility index (Phi) is 4.98. The van der Waals surface area contributed by atoms with Crippen molar-refractivity contribution in [2.75, 3.05) is 6.54 Å². The fourth-order valence-corrected chi connectivity index (χ4v) is 1.73. The maximum atomic E-state index is 11.7. The van der Waals surface area contributed by atoms with E-state index in [9.17, 15) is 9.59 Å². The molecule has 0 saturated heterocycles. The Labute approximate surface area is 118 Å². The van der Waals surface area contributed by atoms with Gasteiger partial charge in [-0.15, -0.1) is 0 Å². The summed E-state index contributed by atoms with van der Waals surface area (Å²) in [5, 5.41) is 5.34. The summed E-state index contributed by atoms with van der Waals surface area (Å²) >= 11 is 0. The summed E-state index contributed by atoms with van der Waals surface area (Å²) in [5.74, 6) is 0.449. The standard InChI is InChI=1S/C15H20N2O3/c1-11(14(18)16-9-12-7-8-12)17-15(19)20-10-13-5-3-2-4-6-13/h2-6,11-12H,7-10H2,1H3,(H,16,18)(H,17,19). The Hall–Kier alpha value is -2.04. The molecule has 1 atom stereocenters. The Morgan fingerprint density at radius 1 is 1.30 bits per heavy atom. The van der Waals surface area contributed by atoms with Gasteiger partial charge in [0.05, 0.1) is 0 Å². The van der Waals surface area contributed by atoms with E-state index in [1.165, 1.54) is 12.8 Å². The van der Waals surface area contributed by atoms with Crippen molar-refractivity contribution in [3.8, 4) is 0 Å². The van der Waals surface area contributed by atoms with Gasteiger partial charge in [0, 0.05) is 6.54 Å². The van der Waals surface area contributed by atoms with E-state index in [4.69, 9.17) is 4.74 Å². The molecular weight excluding hydrogens is 256 g/mol. The van der Waals surface area contributed by atoms with E-state index in [0.29, 0.717) is 12.5 Å². The smallest absolute Gasteiger partial charge is 0.408 e. The molecule has 2 N–H and O–H groups in total. The van der Waals surface area contributed by atoms with Crippen LogP contribution in [-0.4, -0.2) is 24.6 Å². The Morgan fingerprint density at radius 2 is 2.00 bits per heavy atom. The lowest BCUT2D eigenvalue weighted by molar-refractivity contribution is -0.122. The topological polar surface area (TPSA) is 67.4 Å². The summed E-state index contributed by atoms with van der Waals surface area (Å²) in [6.45, 7) is 2.54. The van der Waals surface area contributed by atoms with Crippen LogP contribution < -0.4 is 10.6 Å². The first-order chi connectivity index (χ1) is 9.65. The van der Waals surface area contributed by atoms with Crippen molar-refractivity contribution in [1.82, 2.24) is 10.6 Å². The Balaban J connectivity index is 1.66. The van der Waals surface area contributed by atoms with Crippen molar-refractivity contribution in [1.29, 1.82) is 0 Å². The summed E-state index contributed by atoms with van der Waals surface area (Å²) in [5.41, 5.74) is 0.911. The van der Waals surface area contributed by atoms with Gasteiger partial charge in [0.2, 0.25) is 5.91 Å². The summed E-state index contributed by atoms with van der Waals surface area (Å²) in [6.07, 6.45) is 1.78. The van der Waals surface area contributed by atoms with Crippen LogP contribution in [0.2, 0.25) is 0 Å². The van der Waals surface area contributed by atoms with E-state index in [1.54, 1.807) is 6.92 Å². The average molecular weight is 276 g/mol. The van der Waals surface area contributed by atoms with Crippen molar-refractivity contribution in [2.24, 2.45) is 5.92 Å². The van der Waals surface area contributed by atoms with Gasteiger partial charge < -0.3 is 15.4 Å². The first kappa shape index (κ1) is 14.4. The summed E-state index contributed by atoms with van der Waals surface area (Å²) in [7, 11) is 0. The molecule has 20 heavy (non-hydrogen) atoms. The minimum absolute atomic E-state index is 0.173. The molecule has 2 amide bonds. The molecule has 5 nitrogen and oxygen atoms in total. The fraction of sp³-hybridized carbons (Fsp3) is 0.467. The number of carbonyl (C=O) groups is 2. The van der Waals surface area contributed by atoms with Gasteiger partial charge in [-0.25, -0.2) is 4.79 Å². The minimum atomic E-state index is -0.586. The molecule has 1 aromatic carbocycles. The molecule has 0 aromatic heterocycles. The van der Waals surface area contributed by atoms with E-state index in [1.807, 2.05) is 30.3 Å². The highest BCUT2D eigenvalue weighted by Crippen LogP contribution is 2.27. The quantitative estimate of drug-likeness (QED) is 0.833. The lowest BCUT2D eigenvalue weighted by Gasteiger charge is -2.14. The second-order valence-electron chi connectivity index (χ2n) is 5.12. The third kappa shape index (κ3) is 4.91. The molecule has 0 spiro atoms. The molecule has 1 saturated carbocycles. The van der Waals surface area contributed by atoms with Gasteiger partial charge >= 0.3 is 6.09 Å². The molecule has 108 valence electrons. The summed E-state index contributed by atoms with van der Waals surface area (Å²) < 4.78 is 5.06. The van der Waals surface area contributed by atoms with E-state index in [2.05, 4.69) is 10.6 Å². The van der Waals surface area contributed by atoms with Crippen LogP contribution in [0.25, 0.3) is 0 Å². The van der Waals surface area contributed by atoms with Crippen molar-refractivity contribution in [3.63, 3.8) is 0 Å². The van der Waals surface area contributed by atoms with Crippen LogP contribution in [-0.2, 0) is 16.1 Å². The number of amides is 2. The maximum absolute atomic E-state index is 11.7. The number of rotatable bonds is 6. The number of hydrogen-bond acceptors (Lipinski definition) is 3. The van der Waals surface area contributed by atoms with Crippen LogP contribution in [0.4, 0.5) is 4.79 Å². The van der Waals surface area contributed by atoms with E-state index in [0.717, 1.165) is 5.56 Å². The predicted molar refractivity (Wildman–Crippen MR) is 75.0 cm³/mol. The highest BCUT2D eigenvalue weighted by atomic mass is 16.5. The number of hydrogen-bond donors (Lipinski definition) is 2. The summed E-state index contributed by atoms with van der Waals surface area (Å²) in [4.78, 5) is 23.3. The minimum Gasteiger partial charge on any atom is -0.445 e. The van der Waals surface area contributed by atoms with Crippen LogP contribution in [0, 0.1) is 5.92 Å². The Bertz CT molecular complexity index is 457. The largest absolute Gasteiger partial charge is 0.445 e. The zero-order valence-corrected chi connectivity index (χ0v) is 11.6. The second kappa shape index (κ2) is 6.93. The molecule has 1 aromatic rings. The third-order valence-electron chi connectivity index (χ3n) is 3.20. The third-order valence-corrected chi connectivity index (χ3v) is 3.20. The molecule has 2 rings (SSSR count). The number of ether oxygens (including phenoxy) is 1. The van der Waals surface area contributed by atoms with Gasteiger partial charge in [-0.05, 0) is 31.2 Å². The monoisotopic (exact) mass is 276 g/mol. The Morgan fingerprint density at radius 3 is 2.65 bits per heavy atom. The molecule has 0 heterocycles. The molecule has 0 aliphatic heterocycles. The van der Waals surface area contributed by atoms with Gasteiger partial charge in [0.25, 0.3) is 0 Å². The average Bonchev–Trinajstić information content (AvgIpc) is 3.28. The molecule has 0 radical (unpaired) electrons. The molecule has 1 aliphatic carbocycles. The van der Waals surface area contributed by atoms with Crippen molar-refractivity contribution >= 4 is 12.0 Å². The zero-order chi connectivity index (χ0) is 14.4. The van der Waals surface area contributed by atoms with Crippen molar-refractivity contribution < 1.29 is 14.3 Å². The normalized spacial score (nSPS) is 15.2. The van der Waals surface area contributed by atoms with Gasteiger partial charge in [0.15, 0.2) is 0 Å². The van der Waals surface area contributed by atoms with E-state index in [-0.39, 0.29) is 12.5 Å². The molecule has 1 aliphatic rings. The first-order valence-corrected chi connectivity index (χ1v) is 6.90. The fourth-order valence-electron chi connectivity index (χ4n) is 1.73.